The Morgan fingerprint density at radius 1 is 1.32 bits per heavy atom. The first-order valence-corrected chi connectivity index (χ1v) is 6.31. The number of benzene rings is 1. The van der Waals surface area contributed by atoms with Gasteiger partial charge in [0.1, 0.15) is 6.10 Å². The minimum atomic E-state index is -1.08. The van der Waals surface area contributed by atoms with Crippen LogP contribution in [0.2, 0.25) is 0 Å². The number of nitrogens with one attached hydrogen (secondary N) is 1. The van der Waals surface area contributed by atoms with E-state index in [0.29, 0.717) is 12.0 Å². The zero-order valence-corrected chi connectivity index (χ0v) is 10.7. The van der Waals surface area contributed by atoms with Crippen molar-refractivity contribution in [1.82, 2.24) is 5.32 Å². The number of carbonyl (C=O) groups excluding carboxylic acids is 1. The molecule has 0 radical (unpaired) electrons. The van der Waals surface area contributed by atoms with E-state index in [0.717, 1.165) is 6.42 Å². The molecule has 19 heavy (non-hydrogen) atoms. The highest BCUT2D eigenvalue weighted by molar-refractivity contribution is 5.87. The lowest BCUT2D eigenvalue weighted by Gasteiger charge is -2.17. The van der Waals surface area contributed by atoms with Crippen LogP contribution in [0.4, 0.5) is 0 Å². The van der Waals surface area contributed by atoms with E-state index in [9.17, 15) is 14.7 Å². The molecule has 1 aromatic rings. The molecule has 0 aliphatic carbocycles. The highest BCUT2D eigenvalue weighted by Crippen LogP contribution is 2.20. The number of ether oxygens (including phenoxy) is 1. The van der Waals surface area contributed by atoms with Gasteiger partial charge in [-0.25, -0.2) is 4.79 Å². The summed E-state index contributed by atoms with van der Waals surface area (Å²) in [4.78, 5) is 23.2. The Balaban J connectivity index is 2.05. The lowest BCUT2D eigenvalue weighted by molar-refractivity contribution is -0.144. The molecule has 5 nitrogen and oxygen atoms in total. The summed E-state index contributed by atoms with van der Waals surface area (Å²) in [6, 6.07) is 7.60. The van der Waals surface area contributed by atoms with Crippen LogP contribution in [0.25, 0.3) is 0 Å². The molecule has 0 bridgehead atoms. The lowest BCUT2D eigenvalue weighted by Crippen LogP contribution is -2.40. The van der Waals surface area contributed by atoms with E-state index in [2.05, 4.69) is 5.32 Å². The van der Waals surface area contributed by atoms with Crippen molar-refractivity contribution >= 4 is 11.9 Å². The number of aliphatic carboxylic acids is 1. The van der Waals surface area contributed by atoms with Gasteiger partial charge in [-0.1, -0.05) is 30.3 Å². The zero-order valence-electron chi connectivity index (χ0n) is 10.7. The van der Waals surface area contributed by atoms with Gasteiger partial charge in [0, 0.05) is 0 Å². The van der Waals surface area contributed by atoms with Crippen molar-refractivity contribution in [3.63, 3.8) is 0 Å². The van der Waals surface area contributed by atoms with Crippen molar-refractivity contribution in [2.75, 3.05) is 0 Å². The third kappa shape index (κ3) is 3.32. The minimum Gasteiger partial charge on any atom is -0.479 e. The van der Waals surface area contributed by atoms with Gasteiger partial charge < -0.3 is 15.2 Å². The van der Waals surface area contributed by atoms with Gasteiger partial charge in [-0.3, -0.25) is 4.79 Å². The molecule has 0 spiro atoms. The molecule has 1 fully saturated rings. The third-order valence-corrected chi connectivity index (χ3v) is 3.19. The van der Waals surface area contributed by atoms with Gasteiger partial charge in [-0.05, 0) is 25.3 Å². The molecule has 0 saturated carbocycles. The Morgan fingerprint density at radius 2 is 2.00 bits per heavy atom. The van der Waals surface area contributed by atoms with Crippen LogP contribution in [0, 0.1) is 0 Å². The smallest absolute Gasteiger partial charge is 0.330 e. The van der Waals surface area contributed by atoms with Gasteiger partial charge in [0.25, 0.3) is 0 Å². The first-order chi connectivity index (χ1) is 9.08. The fourth-order valence-corrected chi connectivity index (χ4v) is 2.16. The first kappa shape index (κ1) is 13.5. The van der Waals surface area contributed by atoms with Crippen molar-refractivity contribution < 1.29 is 19.4 Å². The number of hydrogen-bond donors (Lipinski definition) is 2. The second-order valence-electron chi connectivity index (χ2n) is 4.70. The Bertz CT molecular complexity index is 460. The average molecular weight is 263 g/mol. The maximum absolute atomic E-state index is 12.0. The standard InChI is InChI=1S/C14H17NO4/c1-9-7-8-11(19-9)13(16)15-12(14(17)18)10-5-3-2-4-6-10/h2-6,9,11-12H,7-8H2,1H3,(H,15,16)(H,17,18)/t9-,11-,12+/m1/s1. The molecule has 0 aromatic heterocycles. The fraction of sp³-hybridized carbons (Fsp3) is 0.429. The van der Waals surface area contributed by atoms with E-state index in [-0.39, 0.29) is 12.0 Å². The number of carboxylic acids is 1. The highest BCUT2D eigenvalue weighted by atomic mass is 16.5. The highest BCUT2D eigenvalue weighted by Gasteiger charge is 2.31. The van der Waals surface area contributed by atoms with Crippen molar-refractivity contribution in [3.8, 4) is 0 Å². The maximum atomic E-state index is 12.0. The van der Waals surface area contributed by atoms with Gasteiger partial charge in [0.15, 0.2) is 6.04 Å². The van der Waals surface area contributed by atoms with E-state index < -0.39 is 18.1 Å². The quantitative estimate of drug-likeness (QED) is 0.863. The summed E-state index contributed by atoms with van der Waals surface area (Å²) in [5.41, 5.74) is 0.550. The van der Waals surface area contributed by atoms with Crippen LogP contribution in [0.3, 0.4) is 0 Å². The monoisotopic (exact) mass is 263 g/mol. The predicted octanol–water partition coefficient (Wildman–Crippen LogP) is 1.50. The van der Waals surface area contributed by atoms with Crippen LogP contribution in [0.5, 0.6) is 0 Å². The number of amides is 1. The molecule has 5 heteroatoms. The molecule has 1 aliphatic rings. The third-order valence-electron chi connectivity index (χ3n) is 3.19. The Kier molecular flexibility index (Phi) is 4.16. The molecule has 2 N–H and O–H groups in total. The topological polar surface area (TPSA) is 75.6 Å². The van der Waals surface area contributed by atoms with Crippen molar-refractivity contribution in [2.45, 2.75) is 38.0 Å². The lowest BCUT2D eigenvalue weighted by atomic mass is 10.1. The molecular weight excluding hydrogens is 246 g/mol. The molecule has 2 rings (SSSR count). The summed E-state index contributed by atoms with van der Waals surface area (Å²) in [6.07, 6.45) is 0.964. The SMILES string of the molecule is C[C@@H]1CC[C@H](C(=O)N[C@H](C(=O)O)c2ccccc2)O1. The van der Waals surface area contributed by atoms with Crippen LogP contribution < -0.4 is 5.32 Å². The van der Waals surface area contributed by atoms with Crippen molar-refractivity contribution in [2.24, 2.45) is 0 Å². The van der Waals surface area contributed by atoms with Crippen molar-refractivity contribution in [3.05, 3.63) is 35.9 Å². The normalized spacial score (nSPS) is 23.8. The average Bonchev–Trinajstić information content (AvgIpc) is 2.83. The van der Waals surface area contributed by atoms with Crippen LogP contribution in [-0.4, -0.2) is 29.2 Å². The predicted molar refractivity (Wildman–Crippen MR) is 68.5 cm³/mol. The van der Waals surface area contributed by atoms with E-state index in [1.165, 1.54) is 0 Å². The van der Waals surface area contributed by atoms with Gasteiger partial charge in [-0.15, -0.1) is 0 Å². The summed E-state index contributed by atoms with van der Waals surface area (Å²) in [7, 11) is 0. The largest absolute Gasteiger partial charge is 0.479 e. The van der Waals surface area contributed by atoms with Crippen molar-refractivity contribution in [1.29, 1.82) is 0 Å². The molecule has 102 valence electrons. The van der Waals surface area contributed by atoms with E-state index >= 15 is 0 Å². The Hall–Kier alpha value is -1.88. The maximum Gasteiger partial charge on any atom is 0.330 e. The molecule has 1 aromatic carbocycles. The number of carbonyl (C=O) groups is 2. The molecule has 3 atom stereocenters. The first-order valence-electron chi connectivity index (χ1n) is 6.31. The Morgan fingerprint density at radius 3 is 2.53 bits per heavy atom. The van der Waals surface area contributed by atoms with Crippen LogP contribution in [0.1, 0.15) is 31.4 Å². The minimum absolute atomic E-state index is 0.0516. The van der Waals surface area contributed by atoms with E-state index in [1.807, 2.05) is 6.92 Å². The molecular formula is C14H17NO4. The van der Waals surface area contributed by atoms with Gasteiger partial charge in [0.2, 0.25) is 5.91 Å². The molecule has 1 saturated heterocycles. The van der Waals surface area contributed by atoms with Crippen LogP contribution >= 0.6 is 0 Å². The number of rotatable bonds is 4. The molecule has 1 aliphatic heterocycles. The summed E-state index contributed by atoms with van der Waals surface area (Å²) >= 11 is 0. The van der Waals surface area contributed by atoms with E-state index in [1.54, 1.807) is 30.3 Å². The number of hydrogen-bond acceptors (Lipinski definition) is 3. The fourth-order valence-electron chi connectivity index (χ4n) is 2.16. The van der Waals surface area contributed by atoms with Crippen LogP contribution in [-0.2, 0) is 14.3 Å². The van der Waals surface area contributed by atoms with Crippen LogP contribution in [0.15, 0.2) is 30.3 Å². The number of carboxylic acid groups (broad SMARTS) is 1. The summed E-state index contributed by atoms with van der Waals surface area (Å²) in [6.45, 7) is 1.90. The molecule has 1 heterocycles. The summed E-state index contributed by atoms with van der Waals surface area (Å²) < 4.78 is 5.43. The zero-order chi connectivity index (χ0) is 13.8. The second-order valence-corrected chi connectivity index (χ2v) is 4.70. The van der Waals surface area contributed by atoms with Gasteiger partial charge >= 0.3 is 5.97 Å². The van der Waals surface area contributed by atoms with E-state index in [4.69, 9.17) is 4.74 Å². The molecule has 0 unspecified atom stereocenters. The summed E-state index contributed by atoms with van der Waals surface area (Å²) in [5, 5.41) is 11.7. The molecule has 1 amide bonds. The van der Waals surface area contributed by atoms with Gasteiger partial charge in [-0.2, -0.15) is 0 Å². The Labute approximate surface area is 111 Å². The summed E-state index contributed by atoms with van der Waals surface area (Å²) in [5.74, 6) is -1.44. The van der Waals surface area contributed by atoms with Gasteiger partial charge in [0.05, 0.1) is 6.10 Å². The second kappa shape index (κ2) is 5.84.